The molecule has 0 saturated carbocycles. The molecule has 5 nitrogen and oxygen atoms in total. The van der Waals surface area contributed by atoms with Gasteiger partial charge in [0.2, 0.25) is 0 Å². The van der Waals surface area contributed by atoms with Crippen LogP contribution in [0.2, 0.25) is 5.02 Å². The molecule has 9 heteroatoms. The van der Waals surface area contributed by atoms with E-state index in [-0.39, 0.29) is 0 Å². The summed E-state index contributed by atoms with van der Waals surface area (Å²) < 4.78 is 8.95. The number of aromatic nitrogens is 3. The summed E-state index contributed by atoms with van der Waals surface area (Å²) in [5, 5.41) is 6.74. The Morgan fingerprint density at radius 3 is 2.73 bits per heavy atom. The summed E-state index contributed by atoms with van der Waals surface area (Å²) in [7, 11) is 1.64. The van der Waals surface area contributed by atoms with Gasteiger partial charge in [-0.2, -0.15) is 0 Å². The summed E-state index contributed by atoms with van der Waals surface area (Å²) in [5.41, 5.74) is 3.42. The maximum atomic E-state index is 6.11. The van der Waals surface area contributed by atoms with E-state index in [1.165, 1.54) is 11.3 Å². The third-order valence-electron chi connectivity index (χ3n) is 3.72. The zero-order valence-corrected chi connectivity index (χ0v) is 18.1. The second kappa shape index (κ2) is 7.19. The molecule has 0 bridgehead atoms. The van der Waals surface area contributed by atoms with E-state index in [1.54, 1.807) is 13.3 Å². The lowest BCUT2D eigenvalue weighted by atomic mass is 10.3. The van der Waals surface area contributed by atoms with Gasteiger partial charge in [0.15, 0.2) is 5.13 Å². The monoisotopic (exact) mass is 512 g/mol. The Morgan fingerprint density at radius 2 is 2.00 bits per heavy atom. The van der Waals surface area contributed by atoms with Gasteiger partial charge >= 0.3 is 0 Å². The highest BCUT2D eigenvalue weighted by molar-refractivity contribution is 9.11. The van der Waals surface area contributed by atoms with Gasteiger partial charge in [-0.15, -0.1) is 11.3 Å². The van der Waals surface area contributed by atoms with Gasteiger partial charge in [0, 0.05) is 20.5 Å². The molecule has 4 aromatic rings. The second-order valence-corrected chi connectivity index (χ2v) is 8.35. The van der Waals surface area contributed by atoms with E-state index >= 15 is 0 Å². The first-order chi connectivity index (χ1) is 12.5. The fraction of sp³-hybridized carbons (Fsp3) is 0.0588. The zero-order valence-electron chi connectivity index (χ0n) is 13.3. The maximum Gasteiger partial charge on any atom is 0.187 e. The summed E-state index contributed by atoms with van der Waals surface area (Å²) in [6, 6.07) is 7.49. The number of halogens is 3. The standard InChI is InChI=1S/C17H11Br2ClN4OS/c1-25-10-4-11(18)16(12(19)5-10)23-17-22-13(8-26-17)14-6-21-15-3-2-9(20)7-24(14)15/h2-8H,1H3,(H,22,23). The van der Waals surface area contributed by atoms with Gasteiger partial charge in [0.1, 0.15) is 17.1 Å². The molecule has 0 amide bonds. The number of fused-ring (bicyclic) bond motifs is 1. The van der Waals surface area contributed by atoms with E-state index in [4.69, 9.17) is 16.3 Å². The summed E-state index contributed by atoms with van der Waals surface area (Å²) in [5.74, 6) is 0.761. The van der Waals surface area contributed by atoms with Crippen LogP contribution in [0.25, 0.3) is 17.0 Å². The highest BCUT2D eigenvalue weighted by Crippen LogP contribution is 2.38. The molecule has 1 aromatic carbocycles. The second-order valence-electron chi connectivity index (χ2n) is 5.35. The SMILES string of the molecule is COc1cc(Br)c(Nc2nc(-c3cnc4ccc(Cl)cn34)cs2)c(Br)c1. The summed E-state index contributed by atoms with van der Waals surface area (Å²) in [6.07, 6.45) is 3.63. The van der Waals surface area contributed by atoms with Gasteiger partial charge in [-0.05, 0) is 56.1 Å². The fourth-order valence-corrected chi connectivity index (χ4v) is 4.70. The summed E-state index contributed by atoms with van der Waals surface area (Å²) >= 11 is 14.7. The highest BCUT2D eigenvalue weighted by atomic mass is 79.9. The van der Waals surface area contributed by atoms with E-state index in [9.17, 15) is 0 Å². The number of imidazole rings is 1. The van der Waals surface area contributed by atoms with E-state index in [2.05, 4.69) is 47.1 Å². The Balaban J connectivity index is 1.67. The number of benzene rings is 1. The molecule has 3 aromatic heterocycles. The van der Waals surface area contributed by atoms with Crippen LogP contribution in [0.4, 0.5) is 10.8 Å². The Hall–Kier alpha value is -1.61. The maximum absolute atomic E-state index is 6.11. The zero-order chi connectivity index (χ0) is 18.3. The minimum atomic E-state index is 0.649. The van der Waals surface area contributed by atoms with Crippen molar-refractivity contribution in [3.8, 4) is 17.1 Å². The van der Waals surface area contributed by atoms with Crippen LogP contribution in [0.1, 0.15) is 0 Å². The van der Waals surface area contributed by atoms with Crippen LogP contribution in [0.15, 0.2) is 51.0 Å². The predicted molar refractivity (Wildman–Crippen MR) is 113 cm³/mol. The molecule has 0 fully saturated rings. The topological polar surface area (TPSA) is 51.5 Å². The lowest BCUT2D eigenvalue weighted by Gasteiger charge is -2.10. The number of methoxy groups -OCH3 is 1. The van der Waals surface area contributed by atoms with Gasteiger partial charge in [0.25, 0.3) is 0 Å². The molecule has 4 rings (SSSR count). The van der Waals surface area contributed by atoms with Crippen molar-refractivity contribution in [1.82, 2.24) is 14.4 Å². The molecule has 0 radical (unpaired) electrons. The van der Waals surface area contributed by atoms with Crippen molar-refractivity contribution >= 4 is 71.3 Å². The minimum absolute atomic E-state index is 0.649. The first kappa shape index (κ1) is 17.8. The number of hydrogen-bond acceptors (Lipinski definition) is 5. The lowest BCUT2D eigenvalue weighted by molar-refractivity contribution is 0.414. The van der Waals surface area contributed by atoms with Crippen molar-refractivity contribution in [2.45, 2.75) is 0 Å². The quantitative estimate of drug-likeness (QED) is 0.343. The van der Waals surface area contributed by atoms with E-state index < -0.39 is 0 Å². The minimum Gasteiger partial charge on any atom is -0.497 e. The normalized spacial score (nSPS) is 11.1. The average Bonchev–Trinajstić information content (AvgIpc) is 3.24. The average molecular weight is 515 g/mol. The molecule has 132 valence electrons. The summed E-state index contributed by atoms with van der Waals surface area (Å²) in [6.45, 7) is 0. The van der Waals surface area contributed by atoms with Crippen LogP contribution in [0.5, 0.6) is 5.75 Å². The number of thiazole rings is 1. The Labute approximate surface area is 175 Å². The van der Waals surface area contributed by atoms with Crippen molar-refractivity contribution in [1.29, 1.82) is 0 Å². The number of nitrogens with one attached hydrogen (secondary N) is 1. The van der Waals surface area contributed by atoms with Crippen LogP contribution in [0, 0.1) is 0 Å². The molecule has 0 unspecified atom stereocenters. The Bertz CT molecular complexity index is 1090. The number of anilines is 2. The third kappa shape index (κ3) is 3.34. The Kier molecular flexibility index (Phi) is 4.92. The van der Waals surface area contributed by atoms with Gasteiger partial charge in [0.05, 0.1) is 29.7 Å². The van der Waals surface area contributed by atoms with Crippen LogP contribution >= 0.6 is 54.8 Å². The van der Waals surface area contributed by atoms with Crippen molar-refractivity contribution in [2.75, 3.05) is 12.4 Å². The van der Waals surface area contributed by atoms with Gasteiger partial charge < -0.3 is 10.1 Å². The number of pyridine rings is 1. The molecule has 0 aliphatic carbocycles. The van der Waals surface area contributed by atoms with Gasteiger partial charge in [-0.1, -0.05) is 11.6 Å². The van der Waals surface area contributed by atoms with Crippen molar-refractivity contribution in [3.63, 3.8) is 0 Å². The molecule has 0 aliphatic rings. The number of rotatable bonds is 4. The van der Waals surface area contributed by atoms with Crippen LogP contribution in [0.3, 0.4) is 0 Å². The number of ether oxygens (including phenoxy) is 1. The molecule has 1 N–H and O–H groups in total. The largest absolute Gasteiger partial charge is 0.497 e. The molecule has 0 atom stereocenters. The third-order valence-corrected chi connectivity index (χ3v) is 5.95. The predicted octanol–water partition coefficient (Wildman–Crippen LogP) is 6.39. The van der Waals surface area contributed by atoms with Gasteiger partial charge in [-0.25, -0.2) is 9.97 Å². The smallest absolute Gasteiger partial charge is 0.187 e. The van der Waals surface area contributed by atoms with Crippen LogP contribution in [-0.2, 0) is 0 Å². The van der Waals surface area contributed by atoms with E-state index in [0.717, 1.165) is 42.5 Å². The molecule has 26 heavy (non-hydrogen) atoms. The first-order valence-electron chi connectivity index (χ1n) is 7.43. The first-order valence-corrected chi connectivity index (χ1v) is 10.3. The molecule has 3 heterocycles. The van der Waals surface area contributed by atoms with E-state index in [0.29, 0.717) is 5.02 Å². The highest BCUT2D eigenvalue weighted by Gasteiger charge is 2.13. The van der Waals surface area contributed by atoms with E-state index in [1.807, 2.05) is 40.2 Å². The van der Waals surface area contributed by atoms with Gasteiger partial charge in [-0.3, -0.25) is 4.40 Å². The van der Waals surface area contributed by atoms with Crippen molar-refractivity contribution in [3.05, 3.63) is 56.0 Å². The van der Waals surface area contributed by atoms with Crippen LogP contribution in [-0.4, -0.2) is 21.5 Å². The molecular weight excluding hydrogens is 504 g/mol. The molecule has 0 aliphatic heterocycles. The Morgan fingerprint density at radius 1 is 1.23 bits per heavy atom. The lowest BCUT2D eigenvalue weighted by Crippen LogP contribution is -1.94. The fourth-order valence-electron chi connectivity index (χ4n) is 2.49. The summed E-state index contributed by atoms with van der Waals surface area (Å²) in [4.78, 5) is 9.08. The molecular formula is C17H11Br2ClN4OS. The number of nitrogens with zero attached hydrogens (tertiary/aromatic N) is 3. The molecule has 0 saturated heterocycles. The van der Waals surface area contributed by atoms with Crippen molar-refractivity contribution < 1.29 is 4.74 Å². The number of hydrogen-bond donors (Lipinski definition) is 1. The van der Waals surface area contributed by atoms with Crippen LogP contribution < -0.4 is 10.1 Å². The van der Waals surface area contributed by atoms with Crippen molar-refractivity contribution in [2.24, 2.45) is 0 Å². The molecule has 0 spiro atoms.